The molecule has 10 rings (SSSR count). The van der Waals surface area contributed by atoms with Gasteiger partial charge in [-0.05, 0) is 105 Å². The molecule has 6 aliphatic rings. The van der Waals surface area contributed by atoms with E-state index < -0.39 is 0 Å². The van der Waals surface area contributed by atoms with E-state index in [0.29, 0.717) is 17.9 Å². The lowest BCUT2D eigenvalue weighted by Crippen LogP contribution is -2.32. The van der Waals surface area contributed by atoms with Crippen LogP contribution in [0.4, 0.5) is 11.4 Å². The molecule has 0 spiro atoms. The average molecular weight is 748 g/mol. The highest BCUT2D eigenvalue weighted by atomic mass is 16.5. The van der Waals surface area contributed by atoms with Crippen LogP contribution in [0, 0.1) is 0 Å². The Morgan fingerprint density at radius 3 is 2.47 bits per heavy atom. The Balaban J connectivity index is 1.19. The molecule has 0 bridgehead atoms. The van der Waals surface area contributed by atoms with E-state index in [1.165, 1.54) is 71.4 Å². The summed E-state index contributed by atoms with van der Waals surface area (Å²) in [4.78, 5) is 13.6. The van der Waals surface area contributed by atoms with E-state index in [2.05, 4.69) is 158 Å². The molecule has 57 heavy (non-hydrogen) atoms. The van der Waals surface area contributed by atoms with Crippen LogP contribution in [0.25, 0.3) is 28.7 Å². The number of allylic oxidation sites excluding steroid dienone is 10. The van der Waals surface area contributed by atoms with Gasteiger partial charge in [-0.3, -0.25) is 0 Å². The van der Waals surface area contributed by atoms with Gasteiger partial charge in [0.2, 0.25) is 0 Å². The topological polar surface area (TPSA) is 38.2 Å². The Bertz CT molecular complexity index is 2350. The fourth-order valence-corrected chi connectivity index (χ4v) is 10.4. The predicted molar refractivity (Wildman–Crippen MR) is 236 cm³/mol. The molecule has 3 heterocycles. The second kappa shape index (κ2) is 15.8. The third-order valence-electron chi connectivity index (χ3n) is 13.1. The Labute approximate surface area is 338 Å². The molecule has 1 saturated carbocycles. The second-order valence-electron chi connectivity index (χ2n) is 16.7. The van der Waals surface area contributed by atoms with Crippen LogP contribution in [0.3, 0.4) is 0 Å². The number of rotatable bonds is 9. The van der Waals surface area contributed by atoms with Crippen molar-refractivity contribution in [3.63, 3.8) is 0 Å². The lowest BCUT2D eigenvalue weighted by molar-refractivity contribution is 0.269. The first-order chi connectivity index (χ1) is 28.2. The predicted octanol–water partition coefficient (Wildman–Crippen LogP) is 13.8. The average Bonchev–Trinajstić information content (AvgIpc) is 3.82. The Kier molecular flexibility index (Phi) is 9.96. The summed E-state index contributed by atoms with van der Waals surface area (Å²) in [6.45, 7) is 2.11. The monoisotopic (exact) mass is 747 g/mol. The molecule has 1 aromatic heterocycles. The highest BCUT2D eigenvalue weighted by Gasteiger charge is 2.46. The molecular weight excluding hydrogens is 695 g/mol. The maximum absolute atomic E-state index is 6.62. The molecule has 4 nitrogen and oxygen atoms in total. The third-order valence-corrected chi connectivity index (χ3v) is 13.1. The van der Waals surface area contributed by atoms with Gasteiger partial charge < -0.3 is 9.64 Å². The van der Waals surface area contributed by atoms with Gasteiger partial charge in [0.15, 0.2) is 5.82 Å². The molecule has 4 aliphatic carbocycles. The summed E-state index contributed by atoms with van der Waals surface area (Å²) in [6.07, 6.45) is 43.7. The van der Waals surface area contributed by atoms with Crippen molar-refractivity contribution in [1.29, 1.82) is 0 Å². The van der Waals surface area contributed by atoms with Gasteiger partial charge in [0, 0.05) is 57.8 Å². The van der Waals surface area contributed by atoms with Crippen LogP contribution < -0.4 is 9.64 Å². The largest absolute Gasteiger partial charge is 0.485 e. The van der Waals surface area contributed by atoms with Gasteiger partial charge in [-0.1, -0.05) is 129 Å². The maximum atomic E-state index is 6.62. The minimum Gasteiger partial charge on any atom is -0.485 e. The van der Waals surface area contributed by atoms with E-state index in [4.69, 9.17) is 14.7 Å². The highest BCUT2D eigenvalue weighted by Crippen LogP contribution is 2.58. The standard InChI is InChI=1S/C53H53N3O/c1-2-3-4-5-9-26-39-33-40(53-54-44(37-22-12-7-13-23-37)35-45(55-53)38-24-14-8-15-25-38)34-43(36-20-10-6-11-21-36)52(39)56-46-29-18-16-27-41(46)50-47(56)31-32-49-51(50)42-28-17-19-30-48(42)57-49/h2-3,6-7,9-13,16-17,19-20,22-23,26-28,30-36,38,41-42,46,48H,4-5,8,14-15,18,21,24-25,29H2,1H3/b3-2-,26-9+. The van der Waals surface area contributed by atoms with Gasteiger partial charge in [-0.25, -0.2) is 9.97 Å². The minimum atomic E-state index is 0.0615. The van der Waals surface area contributed by atoms with Crippen molar-refractivity contribution in [2.75, 3.05) is 4.90 Å². The molecule has 0 amide bonds. The number of fused-ring (bicyclic) bond motifs is 7. The molecule has 0 radical (unpaired) electrons. The molecule has 3 aromatic carbocycles. The minimum absolute atomic E-state index is 0.0615. The number of ether oxygens (including phenoxy) is 1. The van der Waals surface area contributed by atoms with Gasteiger partial charge >= 0.3 is 0 Å². The number of hydrogen-bond donors (Lipinski definition) is 0. The lowest BCUT2D eigenvalue weighted by atomic mass is 9.80. The molecule has 5 atom stereocenters. The van der Waals surface area contributed by atoms with Crippen LogP contribution in [0.2, 0.25) is 0 Å². The van der Waals surface area contributed by atoms with Crippen molar-refractivity contribution in [3.8, 4) is 28.4 Å². The Morgan fingerprint density at radius 2 is 1.61 bits per heavy atom. The number of unbranched alkanes of at least 4 members (excludes halogenated alkanes) is 1. The number of nitrogens with zero attached hydrogens (tertiary/aromatic N) is 3. The van der Waals surface area contributed by atoms with E-state index in [1.54, 1.807) is 0 Å². The molecule has 2 aliphatic heterocycles. The number of anilines is 2. The third kappa shape index (κ3) is 6.77. The fraction of sp³-hybridized carbons (Fsp3) is 0.321. The second-order valence-corrected chi connectivity index (χ2v) is 16.7. The van der Waals surface area contributed by atoms with Gasteiger partial charge in [-0.2, -0.15) is 0 Å². The summed E-state index contributed by atoms with van der Waals surface area (Å²) in [5.74, 6) is 3.12. The first-order valence-electron chi connectivity index (χ1n) is 21.6. The lowest BCUT2D eigenvalue weighted by Gasteiger charge is -2.35. The normalized spacial score (nSPS) is 24.6. The van der Waals surface area contributed by atoms with Crippen LogP contribution in [0.15, 0.2) is 140 Å². The summed E-state index contributed by atoms with van der Waals surface area (Å²) in [5, 5.41) is 0. The van der Waals surface area contributed by atoms with E-state index in [9.17, 15) is 0 Å². The van der Waals surface area contributed by atoms with Crippen molar-refractivity contribution in [2.45, 2.75) is 107 Å². The molecular formula is C53H53N3O. The zero-order valence-electron chi connectivity index (χ0n) is 33.1. The van der Waals surface area contributed by atoms with Gasteiger partial charge in [-0.15, -0.1) is 0 Å². The highest BCUT2D eigenvalue weighted by molar-refractivity contribution is 5.87. The summed E-state index contributed by atoms with van der Waals surface area (Å²) < 4.78 is 6.62. The van der Waals surface area contributed by atoms with Crippen LogP contribution >= 0.6 is 0 Å². The van der Waals surface area contributed by atoms with E-state index in [1.807, 2.05) is 0 Å². The summed E-state index contributed by atoms with van der Waals surface area (Å²) in [6, 6.07) is 22.8. The SMILES string of the molecule is C/C=C\CC/C=C/c1cc(-c2nc(-c3ccccc3)cc(C3CCCCC3)n2)cc(C2C=CC=CC2)c1N1c2ccc3c(c2C2C=CCCC21)C1C=CC=CC1O3. The first-order valence-corrected chi connectivity index (χ1v) is 21.6. The maximum Gasteiger partial charge on any atom is 0.160 e. The van der Waals surface area contributed by atoms with Crippen LogP contribution in [0.1, 0.15) is 123 Å². The van der Waals surface area contributed by atoms with Crippen LogP contribution in [-0.4, -0.2) is 22.1 Å². The van der Waals surface area contributed by atoms with Crippen molar-refractivity contribution in [1.82, 2.24) is 9.97 Å². The molecule has 0 N–H and O–H groups in total. The zero-order chi connectivity index (χ0) is 38.1. The molecule has 1 fully saturated rings. The molecule has 5 unspecified atom stereocenters. The van der Waals surface area contributed by atoms with Gasteiger partial charge in [0.05, 0.1) is 11.4 Å². The van der Waals surface area contributed by atoms with Crippen LogP contribution in [0.5, 0.6) is 5.75 Å². The van der Waals surface area contributed by atoms with Crippen LogP contribution in [-0.2, 0) is 0 Å². The van der Waals surface area contributed by atoms with Crippen molar-refractivity contribution >= 4 is 17.5 Å². The van der Waals surface area contributed by atoms with E-state index in [0.717, 1.165) is 60.5 Å². The first kappa shape index (κ1) is 35.9. The quantitative estimate of drug-likeness (QED) is 0.126. The Morgan fingerprint density at radius 1 is 0.754 bits per heavy atom. The van der Waals surface area contributed by atoms with E-state index >= 15 is 0 Å². The van der Waals surface area contributed by atoms with Gasteiger partial charge in [0.1, 0.15) is 11.9 Å². The Hall–Kier alpha value is -5.48. The zero-order valence-corrected chi connectivity index (χ0v) is 33.1. The molecule has 4 heteroatoms. The number of aromatic nitrogens is 2. The van der Waals surface area contributed by atoms with Gasteiger partial charge in [0.25, 0.3) is 0 Å². The molecule has 286 valence electrons. The summed E-state index contributed by atoms with van der Waals surface area (Å²) >= 11 is 0. The summed E-state index contributed by atoms with van der Waals surface area (Å²) in [7, 11) is 0. The smallest absolute Gasteiger partial charge is 0.160 e. The van der Waals surface area contributed by atoms with E-state index in [-0.39, 0.29) is 17.9 Å². The molecule has 4 aromatic rings. The number of hydrogen-bond acceptors (Lipinski definition) is 4. The van der Waals surface area contributed by atoms with Crippen molar-refractivity contribution in [2.24, 2.45) is 0 Å². The number of benzene rings is 3. The van der Waals surface area contributed by atoms with Crippen molar-refractivity contribution < 1.29 is 4.74 Å². The fourth-order valence-electron chi connectivity index (χ4n) is 10.4. The molecule has 0 saturated heterocycles. The summed E-state index contributed by atoms with van der Waals surface area (Å²) in [5.41, 5.74) is 12.5. The van der Waals surface area contributed by atoms with Crippen molar-refractivity contribution in [3.05, 3.63) is 168 Å².